The van der Waals surface area contributed by atoms with Crippen molar-refractivity contribution in [2.45, 2.75) is 13.8 Å². The molecule has 0 radical (unpaired) electrons. The molecule has 4 nitrogen and oxygen atoms in total. The fourth-order valence-electron chi connectivity index (χ4n) is 2.81. The van der Waals surface area contributed by atoms with Crippen molar-refractivity contribution in [1.82, 2.24) is 9.97 Å². The molecule has 0 saturated heterocycles. The Balaban J connectivity index is 1.72. The number of hydrogen-bond donors (Lipinski definition) is 2. The first-order valence-corrected chi connectivity index (χ1v) is 8.19. The molecule has 4 aromatic rings. The first-order chi connectivity index (χ1) is 11.1. The molecule has 0 atom stereocenters. The van der Waals surface area contributed by atoms with Crippen molar-refractivity contribution in [2.75, 3.05) is 5.32 Å². The highest BCUT2D eigenvalue weighted by Gasteiger charge is 2.17. The maximum atomic E-state index is 12.7. The lowest BCUT2D eigenvalue weighted by molar-refractivity contribution is 0.102. The maximum Gasteiger partial charge on any atom is 0.259 e. The molecule has 23 heavy (non-hydrogen) atoms. The highest BCUT2D eigenvalue weighted by molar-refractivity contribution is 7.22. The number of hydrogen-bond acceptors (Lipinski definition) is 3. The molecule has 0 aliphatic heterocycles. The zero-order valence-corrected chi connectivity index (χ0v) is 13.6. The van der Waals surface area contributed by atoms with E-state index in [4.69, 9.17) is 0 Å². The second kappa shape index (κ2) is 5.21. The Kier molecular flexibility index (Phi) is 3.16. The first-order valence-electron chi connectivity index (χ1n) is 7.37. The van der Waals surface area contributed by atoms with Gasteiger partial charge in [0.15, 0.2) is 5.13 Å². The van der Waals surface area contributed by atoms with E-state index >= 15 is 0 Å². The third-order valence-electron chi connectivity index (χ3n) is 3.89. The van der Waals surface area contributed by atoms with Crippen LogP contribution in [-0.2, 0) is 0 Å². The van der Waals surface area contributed by atoms with Crippen molar-refractivity contribution in [3.8, 4) is 0 Å². The van der Waals surface area contributed by atoms with Crippen LogP contribution >= 0.6 is 11.3 Å². The Labute approximate surface area is 137 Å². The number of carbonyl (C=O) groups excluding carboxylic acids is 1. The molecule has 2 aromatic carbocycles. The summed E-state index contributed by atoms with van der Waals surface area (Å²) in [6.45, 7) is 3.96. The summed E-state index contributed by atoms with van der Waals surface area (Å²) in [4.78, 5) is 20.4. The summed E-state index contributed by atoms with van der Waals surface area (Å²) in [5, 5.41) is 4.49. The second-order valence-electron chi connectivity index (χ2n) is 5.61. The maximum absolute atomic E-state index is 12.7. The summed E-state index contributed by atoms with van der Waals surface area (Å²) in [7, 11) is 0. The van der Waals surface area contributed by atoms with Gasteiger partial charge in [-0.2, -0.15) is 0 Å². The number of aromatic amines is 1. The molecule has 0 bridgehead atoms. The molecule has 0 spiro atoms. The molecule has 0 unspecified atom stereocenters. The lowest BCUT2D eigenvalue weighted by Crippen LogP contribution is -2.12. The number of carbonyl (C=O) groups is 1. The minimum Gasteiger partial charge on any atom is -0.358 e. The van der Waals surface area contributed by atoms with Gasteiger partial charge in [-0.05, 0) is 37.6 Å². The van der Waals surface area contributed by atoms with Gasteiger partial charge in [-0.25, -0.2) is 4.98 Å². The van der Waals surface area contributed by atoms with Crippen LogP contribution < -0.4 is 5.32 Å². The van der Waals surface area contributed by atoms with E-state index in [1.165, 1.54) is 16.9 Å². The number of para-hydroxylation sites is 1. The summed E-state index contributed by atoms with van der Waals surface area (Å²) in [5.41, 5.74) is 4.60. The SMILES string of the molecule is Cc1ccc2nc(NC(=O)c3c(C)[nH]c4ccccc34)sc2c1. The van der Waals surface area contributed by atoms with Gasteiger partial charge >= 0.3 is 0 Å². The standard InChI is InChI=1S/C18H15N3OS/c1-10-7-8-14-15(9-10)23-18(20-14)21-17(22)16-11(2)19-13-6-4-3-5-12(13)16/h3-9,19H,1-2H3,(H,20,21,22). The Morgan fingerprint density at radius 3 is 2.87 bits per heavy atom. The van der Waals surface area contributed by atoms with Gasteiger partial charge in [0.25, 0.3) is 5.91 Å². The fourth-order valence-corrected chi connectivity index (χ4v) is 3.77. The van der Waals surface area contributed by atoms with Gasteiger partial charge in [-0.15, -0.1) is 0 Å². The number of benzene rings is 2. The number of anilines is 1. The highest BCUT2D eigenvalue weighted by Crippen LogP contribution is 2.28. The van der Waals surface area contributed by atoms with E-state index in [0.29, 0.717) is 10.7 Å². The summed E-state index contributed by atoms with van der Waals surface area (Å²) in [6.07, 6.45) is 0. The smallest absolute Gasteiger partial charge is 0.259 e. The number of rotatable bonds is 2. The van der Waals surface area contributed by atoms with Crippen LogP contribution in [0.1, 0.15) is 21.6 Å². The zero-order valence-electron chi connectivity index (χ0n) is 12.8. The molecule has 0 aliphatic carbocycles. The van der Waals surface area contributed by atoms with Crippen LogP contribution in [0.2, 0.25) is 0 Å². The number of aryl methyl sites for hydroxylation is 2. The van der Waals surface area contributed by atoms with Crippen LogP contribution in [0.25, 0.3) is 21.1 Å². The van der Waals surface area contributed by atoms with Gasteiger partial charge in [0.1, 0.15) is 0 Å². The molecule has 1 amide bonds. The van der Waals surface area contributed by atoms with Crippen molar-refractivity contribution in [3.05, 3.63) is 59.3 Å². The fraction of sp³-hybridized carbons (Fsp3) is 0.111. The average Bonchev–Trinajstić information content (AvgIpc) is 3.05. The van der Waals surface area contributed by atoms with Crippen LogP contribution in [0, 0.1) is 13.8 Å². The monoisotopic (exact) mass is 321 g/mol. The molecule has 2 aromatic heterocycles. The molecule has 0 fully saturated rings. The lowest BCUT2D eigenvalue weighted by Gasteiger charge is -2.01. The molecular formula is C18H15N3OS. The number of H-pyrrole nitrogens is 1. The molecule has 0 saturated carbocycles. The third kappa shape index (κ3) is 2.39. The summed E-state index contributed by atoms with van der Waals surface area (Å²) in [5.74, 6) is -0.129. The van der Waals surface area contributed by atoms with Crippen molar-refractivity contribution in [3.63, 3.8) is 0 Å². The molecular weight excluding hydrogens is 306 g/mol. The molecule has 5 heteroatoms. The van der Waals surface area contributed by atoms with Crippen LogP contribution in [0.4, 0.5) is 5.13 Å². The lowest BCUT2D eigenvalue weighted by atomic mass is 10.1. The third-order valence-corrected chi connectivity index (χ3v) is 4.82. The number of nitrogens with zero attached hydrogens (tertiary/aromatic N) is 1. The summed E-state index contributed by atoms with van der Waals surface area (Å²) < 4.78 is 1.08. The number of nitrogens with one attached hydrogen (secondary N) is 2. The van der Waals surface area contributed by atoms with Crippen molar-refractivity contribution in [1.29, 1.82) is 0 Å². The molecule has 0 aliphatic rings. The first kappa shape index (κ1) is 14.0. The molecule has 2 N–H and O–H groups in total. The predicted octanol–water partition coefficient (Wildman–Crippen LogP) is 4.65. The summed E-state index contributed by atoms with van der Waals surface area (Å²) in [6, 6.07) is 13.9. The largest absolute Gasteiger partial charge is 0.358 e. The van der Waals surface area contributed by atoms with E-state index in [0.717, 1.165) is 26.8 Å². The molecule has 114 valence electrons. The zero-order chi connectivity index (χ0) is 16.0. The van der Waals surface area contributed by atoms with Gasteiger partial charge in [0.2, 0.25) is 0 Å². The molecule has 4 rings (SSSR count). The van der Waals surface area contributed by atoms with Gasteiger partial charge in [0.05, 0.1) is 15.8 Å². The highest BCUT2D eigenvalue weighted by atomic mass is 32.1. The van der Waals surface area contributed by atoms with E-state index in [9.17, 15) is 4.79 Å². The normalized spacial score (nSPS) is 11.2. The van der Waals surface area contributed by atoms with Gasteiger partial charge in [-0.3, -0.25) is 10.1 Å². The van der Waals surface area contributed by atoms with Gasteiger partial charge in [-0.1, -0.05) is 35.6 Å². The number of fused-ring (bicyclic) bond motifs is 2. The number of thiazole rings is 1. The van der Waals surface area contributed by atoms with Crippen molar-refractivity contribution < 1.29 is 4.79 Å². The van der Waals surface area contributed by atoms with E-state index in [1.807, 2.05) is 50.2 Å². The number of aromatic nitrogens is 2. The Bertz CT molecular complexity index is 1040. The van der Waals surface area contributed by atoms with Crippen LogP contribution in [0.3, 0.4) is 0 Å². The quantitative estimate of drug-likeness (QED) is 0.565. The van der Waals surface area contributed by atoms with E-state index < -0.39 is 0 Å². The number of amides is 1. The Morgan fingerprint density at radius 1 is 1.17 bits per heavy atom. The minimum atomic E-state index is -0.129. The van der Waals surface area contributed by atoms with Crippen LogP contribution in [-0.4, -0.2) is 15.9 Å². The van der Waals surface area contributed by atoms with E-state index in [2.05, 4.69) is 21.4 Å². The Morgan fingerprint density at radius 2 is 2.00 bits per heavy atom. The minimum absolute atomic E-state index is 0.129. The predicted molar refractivity (Wildman–Crippen MR) is 95.3 cm³/mol. The van der Waals surface area contributed by atoms with Crippen LogP contribution in [0.15, 0.2) is 42.5 Å². The second-order valence-corrected chi connectivity index (χ2v) is 6.65. The topological polar surface area (TPSA) is 57.8 Å². The van der Waals surface area contributed by atoms with E-state index in [1.54, 1.807) is 0 Å². The molecule has 2 heterocycles. The van der Waals surface area contributed by atoms with Gasteiger partial charge < -0.3 is 4.98 Å². The van der Waals surface area contributed by atoms with Crippen molar-refractivity contribution >= 4 is 43.5 Å². The van der Waals surface area contributed by atoms with Crippen molar-refractivity contribution in [2.24, 2.45) is 0 Å². The van der Waals surface area contributed by atoms with E-state index in [-0.39, 0.29) is 5.91 Å². The van der Waals surface area contributed by atoms with Crippen LogP contribution in [0.5, 0.6) is 0 Å². The summed E-state index contributed by atoms with van der Waals surface area (Å²) >= 11 is 1.50. The Hall–Kier alpha value is -2.66. The van der Waals surface area contributed by atoms with Gasteiger partial charge in [0, 0.05) is 16.6 Å². The average molecular weight is 321 g/mol.